The number of nitrogens with two attached hydrogens (primary N) is 2. The molecule has 0 spiro atoms. The van der Waals surface area contributed by atoms with Crippen molar-refractivity contribution in [3.63, 3.8) is 0 Å². The van der Waals surface area contributed by atoms with Crippen LogP contribution >= 0.6 is 0 Å². The molecule has 22 heavy (non-hydrogen) atoms. The van der Waals surface area contributed by atoms with Crippen molar-refractivity contribution in [3.8, 4) is 11.5 Å². The van der Waals surface area contributed by atoms with Gasteiger partial charge in [0.1, 0.15) is 6.61 Å². The van der Waals surface area contributed by atoms with Crippen LogP contribution in [0.2, 0.25) is 0 Å². The van der Waals surface area contributed by atoms with E-state index in [9.17, 15) is 0 Å². The van der Waals surface area contributed by atoms with Crippen LogP contribution in [0.1, 0.15) is 11.1 Å². The third-order valence-corrected chi connectivity index (χ3v) is 2.80. The van der Waals surface area contributed by atoms with Gasteiger partial charge in [-0.15, -0.1) is 5.10 Å². The summed E-state index contributed by atoms with van der Waals surface area (Å²) in [4.78, 5) is 0. The highest BCUT2D eigenvalue weighted by molar-refractivity contribution is 5.82. The zero-order valence-corrected chi connectivity index (χ0v) is 12.3. The molecule has 6 heteroatoms. The van der Waals surface area contributed by atoms with Crippen LogP contribution in [0.25, 0.3) is 0 Å². The fourth-order valence-electron chi connectivity index (χ4n) is 1.78. The molecule has 6 nitrogen and oxygen atoms in total. The van der Waals surface area contributed by atoms with Gasteiger partial charge in [0.05, 0.1) is 13.3 Å². The molecule has 0 radical (unpaired) electrons. The summed E-state index contributed by atoms with van der Waals surface area (Å²) in [6.45, 7) is 0.471. The van der Waals surface area contributed by atoms with Gasteiger partial charge in [-0.1, -0.05) is 30.3 Å². The zero-order chi connectivity index (χ0) is 15.8. The molecule has 0 atom stereocenters. The van der Waals surface area contributed by atoms with Crippen molar-refractivity contribution in [2.24, 2.45) is 21.7 Å². The molecule has 114 valence electrons. The average molecular weight is 298 g/mol. The maximum Gasteiger partial charge on any atom is 0.211 e. The van der Waals surface area contributed by atoms with Crippen LogP contribution in [-0.4, -0.2) is 19.3 Å². The van der Waals surface area contributed by atoms with Gasteiger partial charge in [-0.2, -0.15) is 5.10 Å². The minimum absolute atomic E-state index is 0.0916. The van der Waals surface area contributed by atoms with E-state index in [0.29, 0.717) is 18.1 Å². The van der Waals surface area contributed by atoms with Crippen LogP contribution < -0.4 is 20.9 Å². The molecule has 0 fully saturated rings. The molecular weight excluding hydrogens is 280 g/mol. The summed E-state index contributed by atoms with van der Waals surface area (Å²) in [5.74, 6) is 1.18. The van der Waals surface area contributed by atoms with E-state index in [0.717, 1.165) is 11.1 Å². The number of guanidine groups is 1. The Balaban J connectivity index is 2.09. The van der Waals surface area contributed by atoms with Gasteiger partial charge in [0.15, 0.2) is 11.5 Å². The minimum atomic E-state index is -0.0916. The summed E-state index contributed by atoms with van der Waals surface area (Å²) in [5.41, 5.74) is 12.3. The highest BCUT2D eigenvalue weighted by Gasteiger charge is 2.05. The SMILES string of the molecule is COc1cc(C=NN=C(N)N)ccc1OCc1ccccc1. The Bertz CT molecular complexity index is 665. The van der Waals surface area contributed by atoms with Crippen molar-refractivity contribution in [2.45, 2.75) is 6.61 Å². The first kappa shape index (κ1) is 15.4. The third-order valence-electron chi connectivity index (χ3n) is 2.80. The smallest absolute Gasteiger partial charge is 0.211 e. The first-order valence-electron chi connectivity index (χ1n) is 6.66. The summed E-state index contributed by atoms with van der Waals surface area (Å²) >= 11 is 0. The van der Waals surface area contributed by atoms with Crippen molar-refractivity contribution in [1.82, 2.24) is 0 Å². The zero-order valence-electron chi connectivity index (χ0n) is 12.3. The monoisotopic (exact) mass is 298 g/mol. The van der Waals surface area contributed by atoms with E-state index >= 15 is 0 Å². The first-order valence-corrected chi connectivity index (χ1v) is 6.66. The van der Waals surface area contributed by atoms with Crippen molar-refractivity contribution in [2.75, 3.05) is 7.11 Å². The van der Waals surface area contributed by atoms with Gasteiger partial charge >= 0.3 is 0 Å². The predicted molar refractivity (Wildman–Crippen MR) is 87.2 cm³/mol. The second-order valence-electron chi connectivity index (χ2n) is 4.45. The van der Waals surface area contributed by atoms with Gasteiger partial charge in [0, 0.05) is 0 Å². The van der Waals surface area contributed by atoms with Crippen molar-refractivity contribution in [1.29, 1.82) is 0 Å². The summed E-state index contributed by atoms with van der Waals surface area (Å²) in [5, 5.41) is 7.30. The van der Waals surface area contributed by atoms with E-state index in [4.69, 9.17) is 20.9 Å². The quantitative estimate of drug-likeness (QED) is 0.483. The molecular formula is C16H18N4O2. The van der Waals surface area contributed by atoms with E-state index in [1.165, 1.54) is 6.21 Å². The molecule has 2 aromatic carbocycles. The third kappa shape index (κ3) is 4.52. The summed E-state index contributed by atoms with van der Waals surface area (Å²) < 4.78 is 11.1. The van der Waals surface area contributed by atoms with Crippen LogP contribution in [-0.2, 0) is 6.61 Å². The molecule has 0 saturated heterocycles. The molecule has 0 unspecified atom stereocenters. The Labute approximate surface area is 129 Å². The molecule has 0 aliphatic heterocycles. The van der Waals surface area contributed by atoms with Crippen molar-refractivity contribution < 1.29 is 9.47 Å². The van der Waals surface area contributed by atoms with Crippen LogP contribution in [0.4, 0.5) is 0 Å². The maximum absolute atomic E-state index is 5.77. The van der Waals surface area contributed by atoms with Gasteiger partial charge in [0.25, 0.3) is 0 Å². The number of hydrogen-bond donors (Lipinski definition) is 2. The predicted octanol–water partition coefficient (Wildman–Crippen LogP) is 1.88. The molecule has 4 N–H and O–H groups in total. The molecule has 2 rings (SSSR count). The van der Waals surface area contributed by atoms with Gasteiger partial charge in [-0.3, -0.25) is 0 Å². The average Bonchev–Trinajstić information content (AvgIpc) is 2.54. The highest BCUT2D eigenvalue weighted by Crippen LogP contribution is 2.28. The Hall–Kier alpha value is -3.02. The fourth-order valence-corrected chi connectivity index (χ4v) is 1.78. The van der Waals surface area contributed by atoms with Crippen LogP contribution in [0.5, 0.6) is 11.5 Å². The number of ether oxygens (including phenoxy) is 2. The lowest BCUT2D eigenvalue weighted by Gasteiger charge is -2.11. The number of nitrogens with zero attached hydrogens (tertiary/aromatic N) is 2. The lowest BCUT2D eigenvalue weighted by molar-refractivity contribution is 0.284. The van der Waals surface area contributed by atoms with Gasteiger partial charge in [-0.25, -0.2) is 0 Å². The van der Waals surface area contributed by atoms with Crippen molar-refractivity contribution in [3.05, 3.63) is 59.7 Å². The van der Waals surface area contributed by atoms with Gasteiger partial charge in [-0.05, 0) is 29.3 Å². The molecule has 0 saturated carbocycles. The number of methoxy groups -OCH3 is 1. The highest BCUT2D eigenvalue weighted by atomic mass is 16.5. The van der Waals surface area contributed by atoms with Gasteiger partial charge in [0.2, 0.25) is 5.96 Å². The maximum atomic E-state index is 5.77. The number of hydrogen-bond acceptors (Lipinski definition) is 4. The van der Waals surface area contributed by atoms with Crippen LogP contribution in [0.3, 0.4) is 0 Å². The lowest BCUT2D eigenvalue weighted by atomic mass is 10.2. The van der Waals surface area contributed by atoms with Crippen molar-refractivity contribution >= 4 is 12.2 Å². The Morgan fingerprint density at radius 3 is 2.55 bits per heavy atom. The van der Waals surface area contributed by atoms with E-state index in [2.05, 4.69) is 10.2 Å². The molecule has 0 aliphatic carbocycles. The van der Waals surface area contributed by atoms with E-state index in [-0.39, 0.29) is 5.96 Å². The largest absolute Gasteiger partial charge is 0.493 e. The summed E-state index contributed by atoms with van der Waals surface area (Å²) in [6.07, 6.45) is 1.53. The Morgan fingerprint density at radius 1 is 1.09 bits per heavy atom. The van der Waals surface area contributed by atoms with Crippen LogP contribution in [0, 0.1) is 0 Å². The Kier molecular flexibility index (Phi) is 5.37. The lowest BCUT2D eigenvalue weighted by Crippen LogP contribution is -2.21. The normalized spacial score (nSPS) is 10.4. The first-order chi connectivity index (χ1) is 10.7. The second kappa shape index (κ2) is 7.68. The summed E-state index contributed by atoms with van der Waals surface area (Å²) in [6, 6.07) is 15.4. The molecule has 0 aromatic heterocycles. The fraction of sp³-hybridized carbons (Fsp3) is 0.125. The second-order valence-corrected chi connectivity index (χ2v) is 4.45. The minimum Gasteiger partial charge on any atom is -0.493 e. The molecule has 0 bridgehead atoms. The topological polar surface area (TPSA) is 95.2 Å². The Morgan fingerprint density at radius 2 is 1.86 bits per heavy atom. The van der Waals surface area contributed by atoms with E-state index < -0.39 is 0 Å². The molecule has 0 amide bonds. The summed E-state index contributed by atoms with van der Waals surface area (Å²) in [7, 11) is 1.58. The van der Waals surface area contributed by atoms with E-state index in [1.54, 1.807) is 13.2 Å². The standard InChI is InChI=1S/C16H18N4O2/c1-21-15-9-13(10-19-20-16(17)18)7-8-14(15)22-11-12-5-3-2-4-6-12/h2-10H,11H2,1H3,(H4,17,18,20). The number of rotatable bonds is 6. The molecule has 0 heterocycles. The van der Waals surface area contributed by atoms with E-state index in [1.807, 2.05) is 42.5 Å². The molecule has 0 aliphatic rings. The molecule has 2 aromatic rings. The number of benzene rings is 2. The van der Waals surface area contributed by atoms with Crippen LogP contribution in [0.15, 0.2) is 58.7 Å². The van der Waals surface area contributed by atoms with Gasteiger partial charge < -0.3 is 20.9 Å².